The van der Waals surface area contributed by atoms with Gasteiger partial charge < -0.3 is 9.64 Å². The van der Waals surface area contributed by atoms with Gasteiger partial charge in [-0.25, -0.2) is 4.98 Å². The number of anilines is 1. The van der Waals surface area contributed by atoms with E-state index in [0.717, 1.165) is 37.9 Å². The van der Waals surface area contributed by atoms with Gasteiger partial charge in [0, 0.05) is 44.2 Å². The average molecular weight is 328 g/mol. The van der Waals surface area contributed by atoms with Gasteiger partial charge in [0.05, 0.1) is 18.4 Å². The Kier molecular flexibility index (Phi) is 5.25. The molecule has 0 bridgehead atoms. The van der Waals surface area contributed by atoms with Gasteiger partial charge in [0.25, 0.3) is 5.56 Å². The van der Waals surface area contributed by atoms with E-state index in [2.05, 4.69) is 16.8 Å². The van der Waals surface area contributed by atoms with Gasteiger partial charge in [-0.1, -0.05) is 19.8 Å². The third-order valence-electron chi connectivity index (χ3n) is 4.39. The van der Waals surface area contributed by atoms with E-state index in [0.29, 0.717) is 18.2 Å². The lowest BCUT2D eigenvalue weighted by Crippen LogP contribution is -2.45. The molecule has 2 aromatic heterocycles. The lowest BCUT2D eigenvalue weighted by molar-refractivity contribution is 0.0331. The van der Waals surface area contributed by atoms with E-state index in [4.69, 9.17) is 9.72 Å². The van der Waals surface area contributed by atoms with Crippen molar-refractivity contribution < 1.29 is 4.74 Å². The van der Waals surface area contributed by atoms with E-state index in [1.54, 1.807) is 30.1 Å². The van der Waals surface area contributed by atoms with Gasteiger partial charge >= 0.3 is 0 Å². The Morgan fingerprint density at radius 1 is 1.33 bits per heavy atom. The summed E-state index contributed by atoms with van der Waals surface area (Å²) in [5.41, 5.74) is 1.54. The molecule has 1 fully saturated rings. The van der Waals surface area contributed by atoms with Gasteiger partial charge in [0.1, 0.15) is 0 Å². The minimum atomic E-state index is -0.0524. The van der Waals surface area contributed by atoms with Crippen LogP contribution in [0.3, 0.4) is 0 Å². The minimum absolute atomic E-state index is 0.0524. The van der Waals surface area contributed by atoms with Gasteiger partial charge in [-0.3, -0.25) is 14.3 Å². The van der Waals surface area contributed by atoms with E-state index in [1.165, 1.54) is 0 Å². The molecule has 1 atom stereocenters. The molecule has 1 aliphatic rings. The molecule has 24 heavy (non-hydrogen) atoms. The normalized spacial score (nSPS) is 17.9. The predicted octanol–water partition coefficient (Wildman–Crippen LogP) is 2.24. The molecule has 1 unspecified atom stereocenters. The predicted molar refractivity (Wildman–Crippen MR) is 94.2 cm³/mol. The Balaban J connectivity index is 1.89. The molecule has 2 aromatic rings. The summed E-state index contributed by atoms with van der Waals surface area (Å²) in [6.45, 7) is 4.39. The Labute approximate surface area is 142 Å². The van der Waals surface area contributed by atoms with Crippen molar-refractivity contribution in [3.8, 4) is 11.3 Å². The topological polar surface area (TPSA) is 60.2 Å². The van der Waals surface area contributed by atoms with Crippen LogP contribution in [0.2, 0.25) is 0 Å². The maximum absolute atomic E-state index is 12.4. The standard InChI is InChI=1S/C18H24N4O2/c1-3-4-5-15-13-22(10-11-24-15)18-20-16(12-17(23)21(18)2)14-6-8-19-9-7-14/h6-9,12,15H,3-5,10-11,13H2,1-2H3. The first-order chi connectivity index (χ1) is 11.7. The lowest BCUT2D eigenvalue weighted by atomic mass is 10.1. The lowest BCUT2D eigenvalue weighted by Gasteiger charge is -2.34. The van der Waals surface area contributed by atoms with E-state index in [9.17, 15) is 4.79 Å². The molecular weight excluding hydrogens is 304 g/mol. The first-order valence-electron chi connectivity index (χ1n) is 8.54. The van der Waals surface area contributed by atoms with Crippen molar-refractivity contribution in [1.29, 1.82) is 0 Å². The summed E-state index contributed by atoms with van der Waals surface area (Å²) in [4.78, 5) is 23.3. The molecule has 0 spiro atoms. The molecule has 3 rings (SSSR count). The van der Waals surface area contributed by atoms with Crippen LogP contribution in [-0.2, 0) is 11.8 Å². The molecule has 6 heteroatoms. The quantitative estimate of drug-likeness (QED) is 0.842. The van der Waals surface area contributed by atoms with Crippen LogP contribution in [0.25, 0.3) is 11.3 Å². The van der Waals surface area contributed by atoms with E-state index < -0.39 is 0 Å². The number of pyridine rings is 1. The highest BCUT2D eigenvalue weighted by molar-refractivity contribution is 5.59. The monoisotopic (exact) mass is 328 g/mol. The van der Waals surface area contributed by atoms with Crippen molar-refractivity contribution >= 4 is 5.95 Å². The van der Waals surface area contributed by atoms with Gasteiger partial charge in [0.15, 0.2) is 0 Å². The second kappa shape index (κ2) is 7.57. The summed E-state index contributed by atoms with van der Waals surface area (Å²) >= 11 is 0. The Morgan fingerprint density at radius 2 is 2.12 bits per heavy atom. The second-order valence-electron chi connectivity index (χ2n) is 6.16. The Morgan fingerprint density at radius 3 is 2.88 bits per heavy atom. The molecule has 0 aliphatic carbocycles. The molecular formula is C18H24N4O2. The van der Waals surface area contributed by atoms with Gasteiger partial charge in [0.2, 0.25) is 5.95 Å². The molecule has 3 heterocycles. The smallest absolute Gasteiger partial charge is 0.255 e. The summed E-state index contributed by atoms with van der Waals surface area (Å²) in [6, 6.07) is 5.32. The van der Waals surface area contributed by atoms with Crippen LogP contribution in [0.5, 0.6) is 0 Å². The molecule has 1 aliphatic heterocycles. The van der Waals surface area contributed by atoms with Crippen LogP contribution in [0, 0.1) is 0 Å². The fourth-order valence-electron chi connectivity index (χ4n) is 2.99. The van der Waals surface area contributed by atoms with Crippen LogP contribution in [-0.4, -0.2) is 40.3 Å². The number of morpholine rings is 1. The molecule has 1 saturated heterocycles. The van der Waals surface area contributed by atoms with E-state index >= 15 is 0 Å². The highest BCUT2D eigenvalue weighted by Gasteiger charge is 2.23. The summed E-state index contributed by atoms with van der Waals surface area (Å²) in [5.74, 6) is 0.708. The maximum atomic E-state index is 12.4. The van der Waals surface area contributed by atoms with Crippen molar-refractivity contribution in [2.24, 2.45) is 7.05 Å². The van der Waals surface area contributed by atoms with Crippen LogP contribution >= 0.6 is 0 Å². The Bertz CT molecular complexity index is 730. The van der Waals surface area contributed by atoms with E-state index in [-0.39, 0.29) is 11.7 Å². The van der Waals surface area contributed by atoms with Crippen LogP contribution in [0.15, 0.2) is 35.4 Å². The highest BCUT2D eigenvalue weighted by atomic mass is 16.5. The van der Waals surface area contributed by atoms with Crippen molar-refractivity contribution in [3.05, 3.63) is 40.9 Å². The van der Waals surface area contributed by atoms with Gasteiger partial charge in [-0.05, 0) is 18.6 Å². The first-order valence-corrected chi connectivity index (χ1v) is 8.54. The maximum Gasteiger partial charge on any atom is 0.255 e. The number of hydrogen-bond acceptors (Lipinski definition) is 5. The largest absolute Gasteiger partial charge is 0.375 e. The fourth-order valence-corrected chi connectivity index (χ4v) is 2.99. The molecule has 0 amide bonds. The second-order valence-corrected chi connectivity index (χ2v) is 6.16. The third kappa shape index (κ3) is 3.64. The highest BCUT2D eigenvalue weighted by Crippen LogP contribution is 2.20. The van der Waals surface area contributed by atoms with Gasteiger partial charge in [-0.2, -0.15) is 0 Å². The van der Waals surface area contributed by atoms with Crippen molar-refractivity contribution in [2.45, 2.75) is 32.3 Å². The SMILES string of the molecule is CCCCC1CN(c2nc(-c3ccncc3)cc(=O)n2C)CCO1. The number of nitrogens with zero attached hydrogens (tertiary/aromatic N) is 4. The van der Waals surface area contributed by atoms with Crippen LogP contribution in [0.4, 0.5) is 5.95 Å². The van der Waals surface area contributed by atoms with E-state index in [1.807, 2.05) is 12.1 Å². The number of rotatable bonds is 5. The molecule has 0 saturated carbocycles. The van der Waals surface area contributed by atoms with Crippen molar-refractivity contribution in [1.82, 2.24) is 14.5 Å². The number of aromatic nitrogens is 3. The summed E-state index contributed by atoms with van der Waals surface area (Å²) in [7, 11) is 1.78. The van der Waals surface area contributed by atoms with Crippen molar-refractivity contribution in [3.63, 3.8) is 0 Å². The molecule has 6 nitrogen and oxygen atoms in total. The summed E-state index contributed by atoms with van der Waals surface area (Å²) in [6.07, 6.45) is 6.99. The minimum Gasteiger partial charge on any atom is -0.375 e. The number of hydrogen-bond donors (Lipinski definition) is 0. The zero-order valence-corrected chi connectivity index (χ0v) is 14.3. The molecule has 0 aromatic carbocycles. The van der Waals surface area contributed by atoms with Crippen LogP contribution < -0.4 is 10.5 Å². The summed E-state index contributed by atoms with van der Waals surface area (Å²) < 4.78 is 7.47. The molecule has 0 N–H and O–H groups in total. The Hall–Kier alpha value is -2.21. The molecule has 0 radical (unpaired) electrons. The van der Waals surface area contributed by atoms with Crippen molar-refractivity contribution in [2.75, 3.05) is 24.6 Å². The fraction of sp³-hybridized carbons (Fsp3) is 0.500. The molecule has 128 valence electrons. The van der Waals surface area contributed by atoms with Gasteiger partial charge in [-0.15, -0.1) is 0 Å². The van der Waals surface area contributed by atoms with Crippen LogP contribution in [0.1, 0.15) is 26.2 Å². The zero-order valence-electron chi connectivity index (χ0n) is 14.3. The zero-order chi connectivity index (χ0) is 16.9. The third-order valence-corrected chi connectivity index (χ3v) is 4.39. The first kappa shape index (κ1) is 16.6. The average Bonchev–Trinajstić information content (AvgIpc) is 2.63. The summed E-state index contributed by atoms with van der Waals surface area (Å²) in [5, 5.41) is 0. The number of unbranched alkanes of at least 4 members (excludes halogenated alkanes) is 1. The number of ether oxygens (including phenoxy) is 1.